The van der Waals surface area contributed by atoms with Gasteiger partial charge in [0.05, 0.1) is 5.60 Å². The summed E-state index contributed by atoms with van der Waals surface area (Å²) in [6.45, 7) is 12.7. The van der Waals surface area contributed by atoms with Gasteiger partial charge < -0.3 is 14.9 Å². The number of hydrogen-bond acceptors (Lipinski definition) is 3. The molecule has 1 aliphatic heterocycles. The van der Waals surface area contributed by atoms with Gasteiger partial charge in [0.25, 0.3) is 0 Å². The molecule has 3 heteroatoms. The van der Waals surface area contributed by atoms with Crippen LogP contribution in [-0.2, 0) is 0 Å². The molecule has 1 aliphatic rings. The first-order valence-corrected chi connectivity index (χ1v) is 6.68. The second-order valence-electron chi connectivity index (χ2n) is 5.58. The molecule has 96 valence electrons. The maximum Gasteiger partial charge on any atom is 0.0718 e. The molecule has 3 nitrogen and oxygen atoms in total. The third-order valence-electron chi connectivity index (χ3n) is 3.21. The van der Waals surface area contributed by atoms with E-state index in [2.05, 4.69) is 16.7 Å². The van der Waals surface area contributed by atoms with Gasteiger partial charge in [-0.25, -0.2) is 0 Å². The highest BCUT2D eigenvalue weighted by Crippen LogP contribution is 2.09. The van der Waals surface area contributed by atoms with Crippen LogP contribution in [0.15, 0.2) is 0 Å². The van der Waals surface area contributed by atoms with E-state index in [-0.39, 0.29) is 0 Å². The van der Waals surface area contributed by atoms with Gasteiger partial charge in [-0.1, -0.05) is 6.92 Å². The van der Waals surface area contributed by atoms with Crippen LogP contribution in [0.25, 0.3) is 0 Å². The van der Waals surface area contributed by atoms with Gasteiger partial charge in [-0.2, -0.15) is 0 Å². The standard InChI is InChI=1S/C13H28N2O/c1-4-14(12-13(2,3)16)10-7-11-15-8-5-6-9-15/h16H,4-12H2,1-3H3. The summed E-state index contributed by atoms with van der Waals surface area (Å²) in [6.07, 6.45) is 3.98. The zero-order chi connectivity index (χ0) is 12.0. The fourth-order valence-corrected chi connectivity index (χ4v) is 2.42. The SMILES string of the molecule is CCN(CCCN1CCCC1)CC(C)(C)O. The molecule has 0 aromatic heterocycles. The molecule has 0 aromatic carbocycles. The van der Waals surface area contributed by atoms with E-state index in [1.54, 1.807) is 0 Å². The Kier molecular flexibility index (Phi) is 5.73. The fraction of sp³-hybridized carbons (Fsp3) is 1.00. The van der Waals surface area contributed by atoms with Crippen LogP contribution in [0.5, 0.6) is 0 Å². The molecule has 1 saturated heterocycles. The van der Waals surface area contributed by atoms with Gasteiger partial charge in [-0.15, -0.1) is 0 Å². The number of likely N-dealkylation sites (tertiary alicyclic amines) is 1. The lowest BCUT2D eigenvalue weighted by molar-refractivity contribution is 0.0368. The molecular formula is C13H28N2O. The Morgan fingerprint density at radius 3 is 2.38 bits per heavy atom. The molecule has 1 fully saturated rings. The van der Waals surface area contributed by atoms with E-state index in [0.717, 1.165) is 19.6 Å². The van der Waals surface area contributed by atoms with Crippen LogP contribution in [0.4, 0.5) is 0 Å². The predicted molar refractivity (Wildman–Crippen MR) is 68.7 cm³/mol. The minimum absolute atomic E-state index is 0.566. The summed E-state index contributed by atoms with van der Waals surface area (Å²) in [5, 5.41) is 9.78. The second-order valence-corrected chi connectivity index (χ2v) is 5.58. The summed E-state index contributed by atoms with van der Waals surface area (Å²) in [5.41, 5.74) is -0.566. The fourth-order valence-electron chi connectivity index (χ4n) is 2.42. The number of rotatable bonds is 7. The maximum atomic E-state index is 9.78. The Labute approximate surface area is 100 Å². The van der Waals surface area contributed by atoms with Crippen LogP contribution in [0.1, 0.15) is 40.0 Å². The summed E-state index contributed by atoms with van der Waals surface area (Å²) in [4.78, 5) is 4.90. The second kappa shape index (κ2) is 6.58. The van der Waals surface area contributed by atoms with Gasteiger partial charge in [0.2, 0.25) is 0 Å². The van der Waals surface area contributed by atoms with Crippen LogP contribution in [0.2, 0.25) is 0 Å². The van der Waals surface area contributed by atoms with Crippen molar-refractivity contribution in [1.29, 1.82) is 0 Å². The van der Waals surface area contributed by atoms with Gasteiger partial charge in [0.15, 0.2) is 0 Å². The molecule has 16 heavy (non-hydrogen) atoms. The normalized spacial score (nSPS) is 18.6. The first kappa shape index (κ1) is 13.9. The van der Waals surface area contributed by atoms with Gasteiger partial charge in [-0.05, 0) is 65.8 Å². The first-order chi connectivity index (χ1) is 7.51. The highest BCUT2D eigenvalue weighted by molar-refractivity contribution is 4.72. The van der Waals surface area contributed by atoms with Crippen molar-refractivity contribution < 1.29 is 5.11 Å². The van der Waals surface area contributed by atoms with Crippen molar-refractivity contribution >= 4 is 0 Å². The minimum Gasteiger partial charge on any atom is -0.389 e. The van der Waals surface area contributed by atoms with Crippen LogP contribution in [0, 0.1) is 0 Å². The maximum absolute atomic E-state index is 9.78. The zero-order valence-electron chi connectivity index (χ0n) is 11.2. The third kappa shape index (κ3) is 5.83. The van der Waals surface area contributed by atoms with E-state index >= 15 is 0 Å². The molecule has 0 unspecified atom stereocenters. The summed E-state index contributed by atoms with van der Waals surface area (Å²) in [5.74, 6) is 0. The molecule has 0 amide bonds. The molecule has 1 heterocycles. The van der Waals surface area contributed by atoms with E-state index in [1.807, 2.05) is 13.8 Å². The average molecular weight is 228 g/mol. The van der Waals surface area contributed by atoms with Crippen molar-refractivity contribution in [2.24, 2.45) is 0 Å². The van der Waals surface area contributed by atoms with Gasteiger partial charge >= 0.3 is 0 Å². The van der Waals surface area contributed by atoms with E-state index in [4.69, 9.17) is 0 Å². The smallest absolute Gasteiger partial charge is 0.0718 e. The lowest BCUT2D eigenvalue weighted by Crippen LogP contribution is -2.39. The summed E-state index contributed by atoms with van der Waals surface area (Å²) < 4.78 is 0. The van der Waals surface area contributed by atoms with Crippen LogP contribution in [0.3, 0.4) is 0 Å². The van der Waals surface area contributed by atoms with E-state index in [0.29, 0.717) is 0 Å². The van der Waals surface area contributed by atoms with Gasteiger partial charge in [0, 0.05) is 6.54 Å². The van der Waals surface area contributed by atoms with Crippen molar-refractivity contribution in [2.75, 3.05) is 39.3 Å². The van der Waals surface area contributed by atoms with Crippen molar-refractivity contribution in [3.05, 3.63) is 0 Å². The molecule has 1 N–H and O–H groups in total. The van der Waals surface area contributed by atoms with Crippen molar-refractivity contribution in [3.63, 3.8) is 0 Å². The molecule has 0 atom stereocenters. The van der Waals surface area contributed by atoms with Crippen molar-refractivity contribution in [1.82, 2.24) is 9.80 Å². The van der Waals surface area contributed by atoms with Crippen molar-refractivity contribution in [3.8, 4) is 0 Å². The Balaban J connectivity index is 2.13. The van der Waals surface area contributed by atoms with Gasteiger partial charge in [-0.3, -0.25) is 0 Å². The van der Waals surface area contributed by atoms with E-state index in [9.17, 15) is 5.11 Å². The largest absolute Gasteiger partial charge is 0.389 e. The number of aliphatic hydroxyl groups is 1. The van der Waals surface area contributed by atoms with Gasteiger partial charge in [0.1, 0.15) is 0 Å². The topological polar surface area (TPSA) is 26.7 Å². The monoisotopic (exact) mass is 228 g/mol. The van der Waals surface area contributed by atoms with E-state index < -0.39 is 5.60 Å². The molecule has 0 bridgehead atoms. The molecule has 0 aromatic rings. The van der Waals surface area contributed by atoms with Crippen LogP contribution < -0.4 is 0 Å². The molecule has 0 radical (unpaired) electrons. The lowest BCUT2D eigenvalue weighted by atomic mass is 10.1. The molecule has 0 aliphatic carbocycles. The molecular weight excluding hydrogens is 200 g/mol. The van der Waals surface area contributed by atoms with Crippen LogP contribution >= 0.6 is 0 Å². The number of likely N-dealkylation sites (N-methyl/N-ethyl adjacent to an activating group) is 1. The Morgan fingerprint density at radius 2 is 1.88 bits per heavy atom. The highest BCUT2D eigenvalue weighted by Gasteiger charge is 2.17. The van der Waals surface area contributed by atoms with Crippen molar-refractivity contribution in [2.45, 2.75) is 45.6 Å². The zero-order valence-corrected chi connectivity index (χ0v) is 11.2. The summed E-state index contributed by atoms with van der Waals surface area (Å²) in [6, 6.07) is 0. The lowest BCUT2D eigenvalue weighted by Gasteiger charge is -2.28. The number of nitrogens with zero attached hydrogens (tertiary/aromatic N) is 2. The summed E-state index contributed by atoms with van der Waals surface area (Å²) >= 11 is 0. The Hall–Kier alpha value is -0.120. The minimum atomic E-state index is -0.566. The molecule has 0 spiro atoms. The molecule has 1 rings (SSSR count). The van der Waals surface area contributed by atoms with Crippen LogP contribution in [-0.4, -0.2) is 59.8 Å². The quantitative estimate of drug-likeness (QED) is 0.716. The Bertz CT molecular complexity index is 183. The van der Waals surface area contributed by atoms with E-state index in [1.165, 1.54) is 38.9 Å². The Morgan fingerprint density at radius 1 is 1.25 bits per heavy atom. The number of hydrogen-bond donors (Lipinski definition) is 1. The third-order valence-corrected chi connectivity index (χ3v) is 3.21. The molecule has 0 saturated carbocycles. The average Bonchev–Trinajstić information content (AvgIpc) is 2.67. The highest BCUT2D eigenvalue weighted by atomic mass is 16.3. The summed E-state index contributed by atoms with van der Waals surface area (Å²) in [7, 11) is 0. The predicted octanol–water partition coefficient (Wildman–Crippen LogP) is 1.57. The first-order valence-electron chi connectivity index (χ1n) is 6.68.